The highest BCUT2D eigenvalue weighted by Crippen LogP contribution is 2.22. The van der Waals surface area contributed by atoms with Crippen LogP contribution >= 0.6 is 15.9 Å². The molecule has 4 nitrogen and oxygen atoms in total. The van der Waals surface area contributed by atoms with E-state index in [1.807, 2.05) is 44.3 Å². The van der Waals surface area contributed by atoms with Crippen LogP contribution in [0.2, 0.25) is 0 Å². The zero-order chi connectivity index (χ0) is 14.5. The van der Waals surface area contributed by atoms with Crippen molar-refractivity contribution in [3.8, 4) is 11.1 Å². The zero-order valence-electron chi connectivity index (χ0n) is 11.6. The van der Waals surface area contributed by atoms with E-state index in [9.17, 15) is 4.79 Å². The summed E-state index contributed by atoms with van der Waals surface area (Å²) in [6, 6.07) is 8.20. The number of nitrogens with one attached hydrogen (secondary N) is 1. The molecule has 1 N–H and O–H groups in total. The molecule has 1 heterocycles. The molecule has 0 saturated carbocycles. The van der Waals surface area contributed by atoms with Crippen molar-refractivity contribution in [3.05, 3.63) is 41.1 Å². The summed E-state index contributed by atoms with van der Waals surface area (Å²) >= 11 is 3.45. The predicted molar refractivity (Wildman–Crippen MR) is 83.3 cm³/mol. The van der Waals surface area contributed by atoms with Crippen LogP contribution in [0.25, 0.3) is 11.1 Å². The Balaban J connectivity index is 2.04. The monoisotopic (exact) mass is 335 g/mol. The fourth-order valence-corrected chi connectivity index (χ4v) is 2.24. The molecule has 1 aromatic heterocycles. The molecule has 0 spiro atoms. The highest BCUT2D eigenvalue weighted by atomic mass is 79.9. The number of nitrogens with zero attached hydrogens (tertiary/aromatic N) is 2. The molecule has 1 amide bonds. The Morgan fingerprint density at radius 3 is 2.95 bits per heavy atom. The second-order valence-corrected chi connectivity index (χ2v) is 5.73. The molecule has 20 heavy (non-hydrogen) atoms. The minimum atomic E-state index is -0.0109. The van der Waals surface area contributed by atoms with Gasteiger partial charge in [-0.1, -0.05) is 35.0 Å². The molecule has 5 heteroatoms. The van der Waals surface area contributed by atoms with Crippen LogP contribution in [-0.4, -0.2) is 21.7 Å². The van der Waals surface area contributed by atoms with Crippen molar-refractivity contribution < 1.29 is 4.79 Å². The Hall–Kier alpha value is -1.62. The molecule has 0 fully saturated rings. The van der Waals surface area contributed by atoms with Gasteiger partial charge in [-0.05, 0) is 31.0 Å². The van der Waals surface area contributed by atoms with E-state index >= 15 is 0 Å². The molecule has 106 valence electrons. The first-order chi connectivity index (χ1) is 9.58. The highest BCUT2D eigenvalue weighted by molar-refractivity contribution is 9.10. The smallest absolute Gasteiger partial charge is 0.241 e. The van der Waals surface area contributed by atoms with Gasteiger partial charge < -0.3 is 5.32 Å². The van der Waals surface area contributed by atoms with E-state index in [4.69, 9.17) is 0 Å². The molecule has 0 bridgehead atoms. The molecule has 0 aliphatic carbocycles. The molecule has 2 rings (SSSR count). The summed E-state index contributed by atoms with van der Waals surface area (Å²) in [7, 11) is 0. The Kier molecular flexibility index (Phi) is 4.95. The molecular formula is C15H18BrN3O. The summed E-state index contributed by atoms with van der Waals surface area (Å²) in [4.78, 5) is 11.8. The summed E-state index contributed by atoms with van der Waals surface area (Å²) in [6.45, 7) is 4.29. The SMILES string of the molecule is CC[C@H](C)NC(=O)Cn1cc(-c2cccc(Br)c2)cn1. The molecule has 0 aliphatic rings. The Labute approximate surface area is 127 Å². The third kappa shape index (κ3) is 3.93. The van der Waals surface area contributed by atoms with Gasteiger partial charge in [0.25, 0.3) is 0 Å². The van der Waals surface area contributed by atoms with Crippen LogP contribution in [0.5, 0.6) is 0 Å². The van der Waals surface area contributed by atoms with Gasteiger partial charge in [0.05, 0.1) is 6.20 Å². The molecule has 1 aromatic carbocycles. The van der Waals surface area contributed by atoms with Crippen molar-refractivity contribution in [1.29, 1.82) is 0 Å². The number of carbonyl (C=O) groups is 1. The summed E-state index contributed by atoms with van der Waals surface area (Å²) in [5, 5.41) is 7.16. The van der Waals surface area contributed by atoms with E-state index in [0.717, 1.165) is 22.0 Å². The summed E-state index contributed by atoms with van der Waals surface area (Å²) in [5.74, 6) is -0.0109. The van der Waals surface area contributed by atoms with E-state index in [2.05, 4.69) is 26.3 Å². The van der Waals surface area contributed by atoms with Gasteiger partial charge in [-0.2, -0.15) is 5.10 Å². The van der Waals surface area contributed by atoms with Crippen LogP contribution in [0.1, 0.15) is 20.3 Å². The topological polar surface area (TPSA) is 46.9 Å². The lowest BCUT2D eigenvalue weighted by molar-refractivity contribution is -0.122. The van der Waals surface area contributed by atoms with Crippen LogP contribution in [-0.2, 0) is 11.3 Å². The minimum Gasteiger partial charge on any atom is -0.352 e. The van der Waals surface area contributed by atoms with Gasteiger partial charge in [-0.3, -0.25) is 9.48 Å². The van der Waals surface area contributed by atoms with E-state index < -0.39 is 0 Å². The van der Waals surface area contributed by atoms with Gasteiger partial charge in [0.2, 0.25) is 5.91 Å². The Bertz CT molecular complexity index is 594. The highest BCUT2D eigenvalue weighted by Gasteiger charge is 2.08. The summed E-state index contributed by atoms with van der Waals surface area (Å²) in [6.07, 6.45) is 4.59. The molecule has 0 radical (unpaired) electrons. The number of amides is 1. The molecule has 2 aromatic rings. The maximum Gasteiger partial charge on any atom is 0.241 e. The van der Waals surface area contributed by atoms with Crippen LogP contribution in [0.3, 0.4) is 0 Å². The molecular weight excluding hydrogens is 318 g/mol. The molecule has 0 aliphatic heterocycles. The van der Waals surface area contributed by atoms with Gasteiger partial charge in [0.15, 0.2) is 0 Å². The standard InChI is InChI=1S/C15H18BrN3O/c1-3-11(2)18-15(20)10-19-9-13(8-17-19)12-5-4-6-14(16)7-12/h4-9,11H,3,10H2,1-2H3,(H,18,20)/t11-/m0/s1. The molecule has 0 unspecified atom stereocenters. The average molecular weight is 336 g/mol. The zero-order valence-corrected chi connectivity index (χ0v) is 13.2. The van der Waals surface area contributed by atoms with Crippen molar-refractivity contribution in [3.63, 3.8) is 0 Å². The van der Waals surface area contributed by atoms with Crippen LogP contribution in [0, 0.1) is 0 Å². The van der Waals surface area contributed by atoms with E-state index in [1.165, 1.54) is 0 Å². The number of hydrogen-bond acceptors (Lipinski definition) is 2. The van der Waals surface area contributed by atoms with E-state index in [0.29, 0.717) is 0 Å². The first-order valence-corrected chi connectivity index (χ1v) is 7.45. The van der Waals surface area contributed by atoms with Crippen LogP contribution in [0.4, 0.5) is 0 Å². The largest absolute Gasteiger partial charge is 0.352 e. The number of rotatable bonds is 5. The average Bonchev–Trinajstić information content (AvgIpc) is 2.87. The molecule has 0 saturated heterocycles. The number of carbonyl (C=O) groups excluding carboxylic acids is 1. The lowest BCUT2D eigenvalue weighted by Gasteiger charge is -2.10. The first kappa shape index (κ1) is 14.8. The van der Waals surface area contributed by atoms with Gasteiger partial charge in [-0.25, -0.2) is 0 Å². The fourth-order valence-electron chi connectivity index (χ4n) is 1.84. The van der Waals surface area contributed by atoms with Gasteiger partial charge in [0, 0.05) is 22.3 Å². The number of hydrogen-bond donors (Lipinski definition) is 1. The van der Waals surface area contributed by atoms with Crippen LogP contribution < -0.4 is 5.32 Å². The maximum atomic E-state index is 11.8. The van der Waals surface area contributed by atoms with Crippen molar-refractivity contribution in [2.24, 2.45) is 0 Å². The summed E-state index contributed by atoms with van der Waals surface area (Å²) < 4.78 is 2.69. The Morgan fingerprint density at radius 2 is 2.25 bits per heavy atom. The van der Waals surface area contributed by atoms with Crippen molar-refractivity contribution in [2.75, 3.05) is 0 Å². The molecule has 1 atom stereocenters. The predicted octanol–water partition coefficient (Wildman–Crippen LogP) is 3.23. The lowest BCUT2D eigenvalue weighted by atomic mass is 10.1. The lowest BCUT2D eigenvalue weighted by Crippen LogP contribution is -2.34. The van der Waals surface area contributed by atoms with E-state index in [1.54, 1.807) is 10.9 Å². The summed E-state index contributed by atoms with van der Waals surface area (Å²) in [5.41, 5.74) is 2.08. The normalized spacial score (nSPS) is 12.2. The van der Waals surface area contributed by atoms with Gasteiger partial charge in [-0.15, -0.1) is 0 Å². The van der Waals surface area contributed by atoms with Crippen molar-refractivity contribution in [2.45, 2.75) is 32.9 Å². The second kappa shape index (κ2) is 6.70. The van der Waals surface area contributed by atoms with Crippen LogP contribution in [0.15, 0.2) is 41.1 Å². The minimum absolute atomic E-state index is 0.0109. The number of benzene rings is 1. The number of aromatic nitrogens is 2. The van der Waals surface area contributed by atoms with Gasteiger partial charge in [0.1, 0.15) is 6.54 Å². The third-order valence-corrected chi connectivity index (χ3v) is 3.61. The second-order valence-electron chi connectivity index (χ2n) is 4.81. The third-order valence-electron chi connectivity index (χ3n) is 3.12. The number of halogens is 1. The Morgan fingerprint density at radius 1 is 1.45 bits per heavy atom. The van der Waals surface area contributed by atoms with Crippen molar-refractivity contribution >= 4 is 21.8 Å². The maximum absolute atomic E-state index is 11.8. The first-order valence-electron chi connectivity index (χ1n) is 6.66. The van der Waals surface area contributed by atoms with E-state index in [-0.39, 0.29) is 18.5 Å². The van der Waals surface area contributed by atoms with Crippen molar-refractivity contribution in [1.82, 2.24) is 15.1 Å². The van der Waals surface area contributed by atoms with Gasteiger partial charge >= 0.3 is 0 Å². The fraction of sp³-hybridized carbons (Fsp3) is 0.333. The quantitative estimate of drug-likeness (QED) is 0.911.